The van der Waals surface area contributed by atoms with Gasteiger partial charge in [-0.2, -0.15) is 0 Å². The molecule has 4 nitrogen and oxygen atoms in total. The number of rotatable bonds is 3. The zero-order valence-electron chi connectivity index (χ0n) is 9.89. The van der Waals surface area contributed by atoms with Crippen molar-refractivity contribution in [3.63, 3.8) is 0 Å². The molecule has 1 aromatic heterocycles. The number of benzene rings is 1. The van der Waals surface area contributed by atoms with E-state index in [9.17, 15) is 4.79 Å². The quantitative estimate of drug-likeness (QED) is 0.366. The number of halogens is 3. The van der Waals surface area contributed by atoms with Gasteiger partial charge in [0.05, 0.1) is 11.8 Å². The first kappa shape index (κ1) is 14.8. The molecule has 0 saturated heterocycles. The van der Waals surface area contributed by atoms with Gasteiger partial charge in [-0.3, -0.25) is 0 Å². The fraction of sp³-hybridized carbons (Fsp3) is 0. The van der Waals surface area contributed by atoms with Crippen molar-refractivity contribution in [1.29, 1.82) is 0 Å². The summed E-state index contributed by atoms with van der Waals surface area (Å²) in [6.45, 7) is 0. The highest BCUT2D eigenvalue weighted by Gasteiger charge is 2.11. The van der Waals surface area contributed by atoms with Crippen LogP contribution in [0.5, 0.6) is 0 Å². The fourth-order valence-electron chi connectivity index (χ4n) is 1.37. The second kappa shape index (κ2) is 6.70. The van der Waals surface area contributed by atoms with Crippen molar-refractivity contribution in [1.82, 2.24) is 4.98 Å². The van der Waals surface area contributed by atoms with Crippen LogP contribution in [0.4, 0.5) is 0 Å². The van der Waals surface area contributed by atoms with E-state index in [-0.39, 0.29) is 10.7 Å². The second-order valence-corrected chi connectivity index (χ2v) is 4.89. The van der Waals surface area contributed by atoms with Crippen LogP contribution in [0.3, 0.4) is 0 Å². The minimum absolute atomic E-state index is 0.0542. The molecule has 102 valence electrons. The highest BCUT2D eigenvalue weighted by Crippen LogP contribution is 2.18. The summed E-state index contributed by atoms with van der Waals surface area (Å²) < 4.78 is 0. The Morgan fingerprint density at radius 2 is 1.90 bits per heavy atom. The minimum atomic E-state index is -0.701. The Kier molecular flexibility index (Phi) is 4.95. The number of pyridine rings is 1. The van der Waals surface area contributed by atoms with Gasteiger partial charge < -0.3 is 4.84 Å². The number of hydrogen-bond donors (Lipinski definition) is 0. The Morgan fingerprint density at radius 3 is 2.55 bits per heavy atom. The second-order valence-electron chi connectivity index (χ2n) is 3.66. The molecule has 0 radical (unpaired) electrons. The molecule has 7 heteroatoms. The summed E-state index contributed by atoms with van der Waals surface area (Å²) in [7, 11) is 0. The van der Waals surface area contributed by atoms with Crippen molar-refractivity contribution in [3.05, 3.63) is 62.9 Å². The Labute approximate surface area is 129 Å². The predicted octanol–water partition coefficient (Wildman–Crippen LogP) is 4.23. The monoisotopic (exact) mass is 328 g/mol. The molecule has 1 heterocycles. The summed E-state index contributed by atoms with van der Waals surface area (Å²) in [5, 5.41) is 4.53. The summed E-state index contributed by atoms with van der Waals surface area (Å²) in [5.74, 6) is -0.701. The predicted molar refractivity (Wildman–Crippen MR) is 78.7 cm³/mol. The molecule has 2 aromatic rings. The maximum absolute atomic E-state index is 11.7. The van der Waals surface area contributed by atoms with Crippen LogP contribution >= 0.6 is 34.8 Å². The molecule has 0 bridgehead atoms. The molecule has 0 fully saturated rings. The van der Waals surface area contributed by atoms with Gasteiger partial charge in [0, 0.05) is 16.2 Å². The summed E-state index contributed by atoms with van der Waals surface area (Å²) in [5.41, 5.74) is 0.739. The van der Waals surface area contributed by atoms with Crippen molar-refractivity contribution >= 4 is 47.0 Å². The Hall–Kier alpha value is -1.62. The molecular formula is C13H7Cl3N2O2. The molecule has 0 aliphatic rings. The largest absolute Gasteiger partial charge is 0.368 e. The molecule has 0 saturated carbocycles. The molecule has 0 aliphatic heterocycles. The fourth-order valence-corrected chi connectivity index (χ4v) is 2.11. The van der Waals surface area contributed by atoms with E-state index in [0.717, 1.165) is 0 Å². The van der Waals surface area contributed by atoms with Crippen LogP contribution in [-0.4, -0.2) is 17.2 Å². The smallest absolute Gasteiger partial charge is 0.313 e. The van der Waals surface area contributed by atoms with Crippen molar-refractivity contribution < 1.29 is 9.63 Å². The lowest BCUT2D eigenvalue weighted by Gasteiger charge is -1.99. The number of hydrogen-bond acceptors (Lipinski definition) is 4. The average Bonchev–Trinajstić information content (AvgIpc) is 2.38. The molecule has 0 aliphatic carbocycles. The third-order valence-corrected chi connectivity index (χ3v) is 2.94. The Morgan fingerprint density at radius 1 is 1.20 bits per heavy atom. The van der Waals surface area contributed by atoms with E-state index in [1.54, 1.807) is 24.3 Å². The van der Waals surface area contributed by atoms with Crippen molar-refractivity contribution in [2.75, 3.05) is 0 Å². The van der Waals surface area contributed by atoms with E-state index in [1.807, 2.05) is 0 Å². The molecule has 1 aromatic carbocycles. The molecule has 0 amide bonds. The van der Waals surface area contributed by atoms with Gasteiger partial charge >= 0.3 is 5.97 Å². The highest BCUT2D eigenvalue weighted by atomic mass is 35.5. The Balaban J connectivity index is 2.07. The van der Waals surface area contributed by atoms with Crippen LogP contribution in [0.15, 0.2) is 41.7 Å². The molecule has 0 unspecified atom stereocenters. The van der Waals surface area contributed by atoms with Gasteiger partial charge in [-0.25, -0.2) is 9.78 Å². The molecule has 0 N–H and O–H groups in total. The summed E-state index contributed by atoms with van der Waals surface area (Å²) in [4.78, 5) is 20.2. The molecule has 0 spiro atoms. The van der Waals surface area contributed by atoms with E-state index >= 15 is 0 Å². The topological polar surface area (TPSA) is 51.5 Å². The third kappa shape index (κ3) is 3.93. The number of oxime groups is 1. The van der Waals surface area contributed by atoms with Gasteiger partial charge in [0.25, 0.3) is 0 Å². The highest BCUT2D eigenvalue weighted by molar-refractivity contribution is 6.35. The van der Waals surface area contributed by atoms with Gasteiger partial charge in [0.2, 0.25) is 0 Å². The SMILES string of the molecule is O=C(O/N=C/c1cc(Cl)cc(Cl)c1)c1cccnc1Cl. The summed E-state index contributed by atoms with van der Waals surface area (Å²) in [6.07, 6.45) is 2.79. The molecule has 0 atom stereocenters. The molecule has 2 rings (SSSR count). The minimum Gasteiger partial charge on any atom is -0.313 e. The van der Waals surface area contributed by atoms with E-state index in [0.29, 0.717) is 15.6 Å². The van der Waals surface area contributed by atoms with Gasteiger partial charge in [0.15, 0.2) is 0 Å². The maximum atomic E-state index is 11.7. The lowest BCUT2D eigenvalue weighted by Crippen LogP contribution is -2.02. The van der Waals surface area contributed by atoms with Crippen LogP contribution in [0.25, 0.3) is 0 Å². The van der Waals surface area contributed by atoms with Crippen LogP contribution in [0, 0.1) is 0 Å². The van der Waals surface area contributed by atoms with Crippen LogP contribution in [-0.2, 0) is 4.84 Å². The Bertz CT molecular complexity index is 654. The first-order chi connectivity index (χ1) is 9.56. The van der Waals surface area contributed by atoms with Crippen molar-refractivity contribution in [2.24, 2.45) is 5.16 Å². The average molecular weight is 330 g/mol. The summed E-state index contributed by atoms with van der Waals surface area (Å²) in [6, 6.07) is 7.90. The van der Waals surface area contributed by atoms with Gasteiger partial charge in [-0.1, -0.05) is 40.0 Å². The van der Waals surface area contributed by atoms with Crippen molar-refractivity contribution in [2.45, 2.75) is 0 Å². The number of carbonyl (C=O) groups is 1. The third-order valence-electron chi connectivity index (χ3n) is 2.20. The number of aromatic nitrogens is 1. The van der Waals surface area contributed by atoms with E-state index in [2.05, 4.69) is 10.1 Å². The van der Waals surface area contributed by atoms with Gasteiger partial charge in [0.1, 0.15) is 5.15 Å². The number of carbonyl (C=O) groups excluding carboxylic acids is 1. The first-order valence-electron chi connectivity index (χ1n) is 5.37. The molecular weight excluding hydrogens is 323 g/mol. The maximum Gasteiger partial charge on any atom is 0.368 e. The van der Waals surface area contributed by atoms with Crippen LogP contribution in [0.1, 0.15) is 15.9 Å². The van der Waals surface area contributed by atoms with E-state index in [1.165, 1.54) is 18.5 Å². The number of nitrogens with zero attached hydrogens (tertiary/aromatic N) is 2. The van der Waals surface area contributed by atoms with Crippen LogP contribution < -0.4 is 0 Å². The molecule has 20 heavy (non-hydrogen) atoms. The normalized spacial score (nSPS) is 10.8. The van der Waals surface area contributed by atoms with Crippen molar-refractivity contribution in [3.8, 4) is 0 Å². The van der Waals surface area contributed by atoms with Gasteiger partial charge in [-0.15, -0.1) is 0 Å². The zero-order chi connectivity index (χ0) is 14.5. The zero-order valence-corrected chi connectivity index (χ0v) is 12.2. The lowest BCUT2D eigenvalue weighted by molar-refractivity contribution is 0.0519. The van der Waals surface area contributed by atoms with E-state index in [4.69, 9.17) is 39.6 Å². The van der Waals surface area contributed by atoms with Crippen LogP contribution in [0.2, 0.25) is 15.2 Å². The van der Waals surface area contributed by atoms with E-state index < -0.39 is 5.97 Å². The van der Waals surface area contributed by atoms with Gasteiger partial charge in [-0.05, 0) is 35.9 Å². The summed E-state index contributed by atoms with van der Waals surface area (Å²) >= 11 is 17.4. The first-order valence-corrected chi connectivity index (χ1v) is 6.51. The standard InChI is InChI=1S/C13H7Cl3N2O2/c14-9-4-8(5-10(15)6-9)7-18-20-13(19)11-2-1-3-17-12(11)16/h1-7H/b18-7+. The lowest BCUT2D eigenvalue weighted by atomic mass is 10.2.